The maximum atomic E-state index is 4.49. The number of aromatic nitrogens is 2. The van der Waals surface area contributed by atoms with Crippen LogP contribution in [0.1, 0.15) is 46.9 Å². The molecule has 19 heavy (non-hydrogen) atoms. The van der Waals surface area contributed by atoms with Crippen molar-refractivity contribution in [1.82, 2.24) is 14.9 Å². The SMILES string of the molecule is CCCNC(Cc1nccn1C)C1C(C)(C)C1(C)C. The van der Waals surface area contributed by atoms with Gasteiger partial charge in [-0.25, -0.2) is 4.98 Å². The highest BCUT2D eigenvalue weighted by molar-refractivity contribution is 5.17. The Labute approximate surface area is 117 Å². The third-order valence-electron chi connectivity index (χ3n) is 5.51. The minimum atomic E-state index is 0.420. The number of nitrogens with zero attached hydrogens (tertiary/aromatic N) is 2. The summed E-state index contributed by atoms with van der Waals surface area (Å²) in [5.41, 5.74) is 0.840. The van der Waals surface area contributed by atoms with Gasteiger partial charge in [-0.3, -0.25) is 0 Å². The van der Waals surface area contributed by atoms with Crippen LogP contribution in [0, 0.1) is 16.7 Å². The minimum absolute atomic E-state index is 0.420. The number of imidazole rings is 1. The first-order chi connectivity index (χ1) is 8.82. The molecule has 1 aliphatic rings. The molecule has 3 nitrogen and oxygen atoms in total. The van der Waals surface area contributed by atoms with E-state index in [1.807, 2.05) is 12.4 Å². The van der Waals surface area contributed by atoms with Gasteiger partial charge in [0.2, 0.25) is 0 Å². The Morgan fingerprint density at radius 3 is 2.37 bits per heavy atom. The average molecular weight is 263 g/mol. The highest BCUT2D eigenvalue weighted by Gasteiger charge is 2.66. The van der Waals surface area contributed by atoms with E-state index in [9.17, 15) is 0 Å². The Balaban J connectivity index is 2.12. The molecule has 1 saturated carbocycles. The predicted molar refractivity (Wildman–Crippen MR) is 80.0 cm³/mol. The average Bonchev–Trinajstić information content (AvgIpc) is 2.63. The Hall–Kier alpha value is -0.830. The molecule has 2 rings (SSSR count). The van der Waals surface area contributed by atoms with Crippen LogP contribution in [0.25, 0.3) is 0 Å². The van der Waals surface area contributed by atoms with Gasteiger partial charge in [0, 0.05) is 31.9 Å². The molecule has 0 spiro atoms. The summed E-state index contributed by atoms with van der Waals surface area (Å²) < 4.78 is 2.14. The van der Waals surface area contributed by atoms with Crippen LogP contribution in [0.4, 0.5) is 0 Å². The molecule has 1 aromatic heterocycles. The van der Waals surface area contributed by atoms with Crippen molar-refractivity contribution in [2.24, 2.45) is 23.8 Å². The zero-order valence-corrected chi connectivity index (χ0v) is 13.3. The van der Waals surface area contributed by atoms with Crippen molar-refractivity contribution in [3.05, 3.63) is 18.2 Å². The number of hydrogen-bond donors (Lipinski definition) is 1. The largest absolute Gasteiger partial charge is 0.338 e. The van der Waals surface area contributed by atoms with E-state index in [4.69, 9.17) is 0 Å². The van der Waals surface area contributed by atoms with Crippen LogP contribution in [-0.4, -0.2) is 22.1 Å². The minimum Gasteiger partial charge on any atom is -0.338 e. The molecular formula is C16H29N3. The van der Waals surface area contributed by atoms with Gasteiger partial charge < -0.3 is 9.88 Å². The van der Waals surface area contributed by atoms with Crippen LogP contribution >= 0.6 is 0 Å². The molecule has 1 atom stereocenters. The summed E-state index contributed by atoms with van der Waals surface area (Å²) in [6.07, 6.45) is 6.15. The van der Waals surface area contributed by atoms with Gasteiger partial charge in [0.1, 0.15) is 5.82 Å². The van der Waals surface area contributed by atoms with E-state index in [0.717, 1.165) is 18.9 Å². The van der Waals surface area contributed by atoms with Gasteiger partial charge in [0.05, 0.1) is 0 Å². The van der Waals surface area contributed by atoms with Gasteiger partial charge in [0.25, 0.3) is 0 Å². The first kappa shape index (κ1) is 14.6. The van der Waals surface area contributed by atoms with E-state index < -0.39 is 0 Å². The Kier molecular flexibility index (Phi) is 3.78. The maximum Gasteiger partial charge on any atom is 0.109 e. The van der Waals surface area contributed by atoms with Gasteiger partial charge in [-0.05, 0) is 29.7 Å². The van der Waals surface area contributed by atoms with Crippen molar-refractivity contribution in [3.63, 3.8) is 0 Å². The topological polar surface area (TPSA) is 29.9 Å². The van der Waals surface area contributed by atoms with Crippen molar-refractivity contribution in [2.45, 2.75) is 53.5 Å². The molecule has 3 heteroatoms. The monoisotopic (exact) mass is 263 g/mol. The van der Waals surface area contributed by atoms with Crippen molar-refractivity contribution in [2.75, 3.05) is 6.54 Å². The first-order valence-electron chi connectivity index (χ1n) is 7.52. The second-order valence-corrected chi connectivity index (χ2v) is 7.14. The zero-order valence-electron chi connectivity index (χ0n) is 13.3. The lowest BCUT2D eigenvalue weighted by molar-refractivity contribution is 0.387. The molecule has 0 aliphatic heterocycles. The predicted octanol–water partition coefficient (Wildman–Crippen LogP) is 3.01. The van der Waals surface area contributed by atoms with E-state index in [1.54, 1.807) is 0 Å². The third kappa shape index (κ3) is 2.45. The van der Waals surface area contributed by atoms with Crippen LogP contribution < -0.4 is 5.32 Å². The van der Waals surface area contributed by atoms with Gasteiger partial charge in [-0.2, -0.15) is 0 Å². The molecule has 108 valence electrons. The van der Waals surface area contributed by atoms with Crippen LogP contribution in [0.15, 0.2) is 12.4 Å². The van der Waals surface area contributed by atoms with Gasteiger partial charge in [0.15, 0.2) is 0 Å². The third-order valence-corrected chi connectivity index (χ3v) is 5.51. The Morgan fingerprint density at radius 2 is 1.95 bits per heavy atom. The van der Waals surface area contributed by atoms with Crippen LogP contribution in [0.2, 0.25) is 0 Å². The quantitative estimate of drug-likeness (QED) is 0.855. The number of aryl methyl sites for hydroxylation is 1. The summed E-state index contributed by atoms with van der Waals surface area (Å²) in [5.74, 6) is 1.91. The fourth-order valence-corrected chi connectivity index (χ4v) is 3.68. The molecule has 1 fully saturated rings. The van der Waals surface area contributed by atoms with Crippen molar-refractivity contribution >= 4 is 0 Å². The normalized spacial score (nSPS) is 22.4. The van der Waals surface area contributed by atoms with Gasteiger partial charge in [-0.1, -0.05) is 34.6 Å². The van der Waals surface area contributed by atoms with E-state index in [1.165, 1.54) is 12.2 Å². The summed E-state index contributed by atoms with van der Waals surface area (Å²) in [5, 5.41) is 3.75. The summed E-state index contributed by atoms with van der Waals surface area (Å²) in [6.45, 7) is 12.9. The Morgan fingerprint density at radius 1 is 1.32 bits per heavy atom. The highest BCUT2D eigenvalue weighted by Crippen LogP contribution is 2.69. The molecule has 0 amide bonds. The molecular weight excluding hydrogens is 234 g/mol. The molecule has 0 saturated heterocycles. The van der Waals surface area contributed by atoms with Crippen LogP contribution in [-0.2, 0) is 13.5 Å². The molecule has 0 radical (unpaired) electrons. The summed E-state index contributed by atoms with van der Waals surface area (Å²) >= 11 is 0. The molecule has 0 bridgehead atoms. The molecule has 1 N–H and O–H groups in total. The lowest BCUT2D eigenvalue weighted by Gasteiger charge is -2.20. The summed E-state index contributed by atoms with van der Waals surface area (Å²) in [6, 6.07) is 0.533. The second-order valence-electron chi connectivity index (χ2n) is 7.14. The summed E-state index contributed by atoms with van der Waals surface area (Å²) in [4.78, 5) is 4.49. The zero-order chi connectivity index (χ0) is 14.3. The highest BCUT2D eigenvalue weighted by atomic mass is 15.1. The van der Waals surface area contributed by atoms with Crippen LogP contribution in [0.5, 0.6) is 0 Å². The second kappa shape index (κ2) is 4.93. The fraction of sp³-hybridized carbons (Fsp3) is 0.812. The smallest absolute Gasteiger partial charge is 0.109 e. The van der Waals surface area contributed by atoms with E-state index in [2.05, 4.69) is 56.5 Å². The van der Waals surface area contributed by atoms with E-state index in [-0.39, 0.29) is 0 Å². The fourth-order valence-electron chi connectivity index (χ4n) is 3.68. The van der Waals surface area contributed by atoms with Gasteiger partial charge in [-0.15, -0.1) is 0 Å². The lowest BCUT2D eigenvalue weighted by atomic mass is 10.0. The maximum absolute atomic E-state index is 4.49. The number of hydrogen-bond acceptors (Lipinski definition) is 2. The Bertz CT molecular complexity index is 417. The molecule has 0 aromatic carbocycles. The molecule has 1 aromatic rings. The van der Waals surface area contributed by atoms with Crippen LogP contribution in [0.3, 0.4) is 0 Å². The molecule has 1 aliphatic carbocycles. The summed E-state index contributed by atoms with van der Waals surface area (Å²) in [7, 11) is 2.09. The van der Waals surface area contributed by atoms with Crippen molar-refractivity contribution < 1.29 is 0 Å². The van der Waals surface area contributed by atoms with E-state index in [0.29, 0.717) is 16.9 Å². The molecule has 1 unspecified atom stereocenters. The lowest BCUT2D eigenvalue weighted by Crippen LogP contribution is -2.36. The number of nitrogens with one attached hydrogen (secondary N) is 1. The van der Waals surface area contributed by atoms with Gasteiger partial charge >= 0.3 is 0 Å². The molecule has 1 heterocycles. The first-order valence-corrected chi connectivity index (χ1v) is 7.52. The van der Waals surface area contributed by atoms with E-state index >= 15 is 0 Å². The number of rotatable bonds is 6. The van der Waals surface area contributed by atoms with Crippen molar-refractivity contribution in [3.8, 4) is 0 Å². The standard InChI is InChI=1S/C16H29N3/c1-7-8-17-12(11-13-18-9-10-19(13)6)14-15(2,3)16(14,4)5/h9-10,12,14,17H,7-8,11H2,1-6H3. The van der Waals surface area contributed by atoms with Crippen molar-refractivity contribution in [1.29, 1.82) is 0 Å².